The van der Waals surface area contributed by atoms with Crippen LogP contribution >= 0.6 is 0 Å². The predicted molar refractivity (Wildman–Crippen MR) is 127 cm³/mol. The number of rotatable bonds is 10. The molecule has 1 fully saturated rings. The van der Waals surface area contributed by atoms with Crippen molar-refractivity contribution in [2.45, 2.75) is 40.2 Å². The van der Waals surface area contributed by atoms with E-state index in [0.29, 0.717) is 56.5 Å². The lowest BCUT2D eigenvalue weighted by molar-refractivity contribution is -0.126. The van der Waals surface area contributed by atoms with Gasteiger partial charge < -0.3 is 24.4 Å². The van der Waals surface area contributed by atoms with E-state index in [0.717, 1.165) is 5.56 Å². The maximum Gasteiger partial charge on any atom is 0.256 e. The van der Waals surface area contributed by atoms with E-state index < -0.39 is 5.82 Å². The van der Waals surface area contributed by atoms with Gasteiger partial charge in [-0.2, -0.15) is 0 Å². The highest BCUT2D eigenvalue weighted by molar-refractivity contribution is 5.95. The van der Waals surface area contributed by atoms with Crippen molar-refractivity contribution >= 4 is 11.8 Å². The Hall–Kier alpha value is -3.29. The first kappa shape index (κ1) is 25.3. The number of carbonyl (C=O) groups excluding carboxylic acids is 2. The van der Waals surface area contributed by atoms with Crippen molar-refractivity contribution in [3.05, 3.63) is 53.3 Å². The fourth-order valence-electron chi connectivity index (χ4n) is 4.06. The topological polar surface area (TPSA) is 77.1 Å². The Morgan fingerprint density at radius 2 is 1.68 bits per heavy atom. The van der Waals surface area contributed by atoms with Crippen LogP contribution in [-0.4, -0.2) is 49.6 Å². The summed E-state index contributed by atoms with van der Waals surface area (Å²) >= 11 is 0. The van der Waals surface area contributed by atoms with Gasteiger partial charge in [0.05, 0.1) is 31.3 Å². The number of carbonyl (C=O) groups is 2. The molecule has 2 aromatic carbocycles. The second-order valence-corrected chi connectivity index (χ2v) is 8.01. The van der Waals surface area contributed by atoms with Gasteiger partial charge in [0, 0.05) is 19.6 Å². The fraction of sp³-hybridized carbons (Fsp3) is 0.462. The minimum Gasteiger partial charge on any atom is -0.490 e. The van der Waals surface area contributed by atoms with Gasteiger partial charge >= 0.3 is 0 Å². The predicted octanol–water partition coefficient (Wildman–Crippen LogP) is 4.19. The number of benzene rings is 2. The summed E-state index contributed by atoms with van der Waals surface area (Å²) in [6, 6.07) is 9.60. The first-order valence-electron chi connectivity index (χ1n) is 11.8. The average Bonchev–Trinajstić information content (AvgIpc) is 2.85. The highest BCUT2D eigenvalue weighted by Crippen LogP contribution is 2.39. The van der Waals surface area contributed by atoms with Gasteiger partial charge in [-0.05, 0) is 63.4 Å². The van der Waals surface area contributed by atoms with Crippen molar-refractivity contribution in [1.29, 1.82) is 0 Å². The van der Waals surface area contributed by atoms with Crippen molar-refractivity contribution in [3.63, 3.8) is 0 Å². The molecule has 2 aromatic rings. The Balaban J connectivity index is 1.67. The van der Waals surface area contributed by atoms with Gasteiger partial charge in [0.15, 0.2) is 11.5 Å². The number of hydrogen-bond donors (Lipinski definition) is 1. The molecule has 0 radical (unpaired) electrons. The molecule has 184 valence electrons. The number of hydrogen-bond acceptors (Lipinski definition) is 5. The van der Waals surface area contributed by atoms with Gasteiger partial charge in [-0.15, -0.1) is 0 Å². The van der Waals surface area contributed by atoms with E-state index in [1.807, 2.05) is 32.9 Å². The van der Waals surface area contributed by atoms with Gasteiger partial charge in [-0.3, -0.25) is 9.59 Å². The van der Waals surface area contributed by atoms with Crippen LogP contribution in [0, 0.1) is 11.7 Å². The molecule has 34 heavy (non-hydrogen) atoms. The van der Waals surface area contributed by atoms with Crippen molar-refractivity contribution in [3.8, 4) is 17.2 Å². The number of amides is 2. The highest BCUT2D eigenvalue weighted by Gasteiger charge is 2.30. The number of ether oxygens (including phenoxy) is 3. The third-order valence-corrected chi connectivity index (χ3v) is 5.62. The van der Waals surface area contributed by atoms with Gasteiger partial charge in [0.1, 0.15) is 5.82 Å². The zero-order valence-electron chi connectivity index (χ0n) is 20.1. The Bertz CT molecular complexity index is 970. The Kier molecular flexibility index (Phi) is 9.13. The van der Waals surface area contributed by atoms with Gasteiger partial charge in [0.2, 0.25) is 11.7 Å². The molecule has 1 N–H and O–H groups in total. The van der Waals surface area contributed by atoms with Crippen molar-refractivity contribution in [2.75, 3.05) is 32.9 Å². The van der Waals surface area contributed by atoms with Crippen LogP contribution in [0.25, 0.3) is 0 Å². The summed E-state index contributed by atoms with van der Waals surface area (Å²) < 4.78 is 31.3. The van der Waals surface area contributed by atoms with Gasteiger partial charge in [0.25, 0.3) is 5.91 Å². The molecule has 1 saturated heterocycles. The second-order valence-electron chi connectivity index (χ2n) is 8.01. The van der Waals surface area contributed by atoms with E-state index in [9.17, 15) is 14.0 Å². The third kappa shape index (κ3) is 6.18. The SMILES string of the molecule is CCOc1cc(CNC(=O)[C@@H]2CCCN(C(=O)c3ccccc3F)C2)cc(OCC)c1OCC. The standard InChI is InChI=1S/C26H33FN2O5/c1-4-32-22-14-18(15-23(33-5-2)24(22)34-6-3)16-28-25(30)19-10-9-13-29(17-19)26(31)20-11-7-8-12-21(20)27/h7-8,11-12,14-15,19H,4-6,9-10,13,16-17H2,1-3H3,(H,28,30)/t19-/m1/s1. The molecule has 0 saturated carbocycles. The molecular weight excluding hydrogens is 439 g/mol. The van der Waals surface area contributed by atoms with E-state index in [2.05, 4.69) is 5.32 Å². The van der Waals surface area contributed by atoms with E-state index in [1.165, 1.54) is 12.1 Å². The zero-order chi connectivity index (χ0) is 24.5. The molecule has 1 aliphatic heterocycles. The number of halogens is 1. The van der Waals surface area contributed by atoms with Gasteiger partial charge in [-0.25, -0.2) is 4.39 Å². The van der Waals surface area contributed by atoms with Crippen LogP contribution in [0.5, 0.6) is 17.2 Å². The summed E-state index contributed by atoms with van der Waals surface area (Å²) in [5, 5.41) is 2.97. The minimum atomic E-state index is -0.551. The molecule has 1 heterocycles. The molecule has 0 spiro atoms. The third-order valence-electron chi connectivity index (χ3n) is 5.62. The second kappa shape index (κ2) is 12.3. The molecule has 0 unspecified atom stereocenters. The number of likely N-dealkylation sites (tertiary alicyclic amines) is 1. The Labute approximate surface area is 200 Å². The fourth-order valence-corrected chi connectivity index (χ4v) is 4.06. The normalized spacial score (nSPS) is 15.5. The Morgan fingerprint density at radius 3 is 2.29 bits per heavy atom. The van der Waals surface area contributed by atoms with Crippen molar-refractivity contribution < 1.29 is 28.2 Å². The molecule has 2 amide bonds. The van der Waals surface area contributed by atoms with Crippen LogP contribution in [0.2, 0.25) is 0 Å². The molecule has 1 atom stereocenters. The first-order chi connectivity index (χ1) is 16.5. The summed E-state index contributed by atoms with van der Waals surface area (Å²) in [6.07, 6.45) is 1.36. The van der Waals surface area contributed by atoms with Crippen LogP contribution in [-0.2, 0) is 11.3 Å². The van der Waals surface area contributed by atoms with Gasteiger partial charge in [-0.1, -0.05) is 12.1 Å². The van der Waals surface area contributed by atoms with Crippen LogP contribution in [0.15, 0.2) is 36.4 Å². The smallest absolute Gasteiger partial charge is 0.256 e. The lowest BCUT2D eigenvalue weighted by atomic mass is 9.96. The summed E-state index contributed by atoms with van der Waals surface area (Å²) in [7, 11) is 0. The molecule has 7 nitrogen and oxygen atoms in total. The molecule has 0 bridgehead atoms. The molecule has 3 rings (SSSR count). The van der Waals surface area contributed by atoms with Crippen LogP contribution in [0.1, 0.15) is 49.5 Å². The van der Waals surface area contributed by atoms with E-state index in [1.54, 1.807) is 17.0 Å². The lowest BCUT2D eigenvalue weighted by Gasteiger charge is -2.32. The quantitative estimate of drug-likeness (QED) is 0.561. The minimum absolute atomic E-state index is 0.0323. The highest BCUT2D eigenvalue weighted by atomic mass is 19.1. The maximum atomic E-state index is 14.1. The van der Waals surface area contributed by atoms with Crippen LogP contribution < -0.4 is 19.5 Å². The van der Waals surface area contributed by atoms with Crippen LogP contribution in [0.3, 0.4) is 0 Å². The first-order valence-corrected chi connectivity index (χ1v) is 11.8. The molecular formula is C26H33FN2O5. The van der Waals surface area contributed by atoms with Crippen LogP contribution in [0.4, 0.5) is 4.39 Å². The number of nitrogens with one attached hydrogen (secondary N) is 1. The molecule has 0 aromatic heterocycles. The van der Waals surface area contributed by atoms with E-state index in [4.69, 9.17) is 14.2 Å². The number of piperidine rings is 1. The molecule has 8 heteroatoms. The van der Waals surface area contributed by atoms with E-state index >= 15 is 0 Å². The Morgan fingerprint density at radius 1 is 1.03 bits per heavy atom. The summed E-state index contributed by atoms with van der Waals surface area (Å²) in [5.74, 6) is 0.254. The van der Waals surface area contributed by atoms with E-state index in [-0.39, 0.29) is 36.4 Å². The monoisotopic (exact) mass is 472 g/mol. The number of nitrogens with zero attached hydrogens (tertiary/aromatic N) is 1. The zero-order valence-corrected chi connectivity index (χ0v) is 20.1. The average molecular weight is 473 g/mol. The molecule has 1 aliphatic rings. The summed E-state index contributed by atoms with van der Waals surface area (Å²) in [4.78, 5) is 27.2. The lowest BCUT2D eigenvalue weighted by Crippen LogP contribution is -2.45. The van der Waals surface area contributed by atoms with Crippen molar-refractivity contribution in [1.82, 2.24) is 10.2 Å². The summed E-state index contributed by atoms with van der Waals surface area (Å²) in [6.45, 7) is 8.13. The van der Waals surface area contributed by atoms with Crippen molar-refractivity contribution in [2.24, 2.45) is 5.92 Å². The molecule has 0 aliphatic carbocycles. The summed E-state index contributed by atoms with van der Waals surface area (Å²) in [5.41, 5.74) is 0.851. The maximum absolute atomic E-state index is 14.1. The largest absolute Gasteiger partial charge is 0.490 e.